The first-order valence-electron chi connectivity index (χ1n) is 0. The largest absolute Gasteiger partial charge is 0.316 e. The molecule has 0 saturated heterocycles. The summed E-state index contributed by atoms with van der Waals surface area (Å²) in [5, 5.41) is 0. The molecule has 0 unspecified atom stereocenters. The number of hydrogen-bond donors (Lipinski definition) is 0. The van der Waals surface area contributed by atoms with E-state index < -0.39 is 0 Å². The summed E-state index contributed by atoms with van der Waals surface area (Å²) in [6.07, 6.45) is 0. The summed E-state index contributed by atoms with van der Waals surface area (Å²) in [6.45, 7) is 0. The van der Waals surface area contributed by atoms with Gasteiger partial charge in [-0.2, -0.15) is 0 Å². The van der Waals surface area contributed by atoms with E-state index in [0.717, 1.165) is 0 Å². The fraction of sp³-hybridized carbons (Fsp3) is 0. The van der Waals surface area contributed by atoms with Crippen LogP contribution in [-0.4, -0.2) is 78.2 Å². The Balaban J connectivity index is 0. The van der Waals surface area contributed by atoms with Crippen LogP contribution < -0.4 is 0 Å². The first kappa shape index (κ1) is 26.7. The van der Waals surface area contributed by atoms with Crippen LogP contribution in [0.4, 0.5) is 0 Å². The molecule has 0 aliphatic heterocycles. The molecule has 0 bridgehead atoms. The molecule has 0 spiro atoms. The molecule has 0 atom stereocenters. The van der Waals surface area contributed by atoms with E-state index in [1.807, 2.05) is 0 Å². The van der Waals surface area contributed by atoms with Gasteiger partial charge in [0.15, 0.2) is 17.4 Å². The van der Waals surface area contributed by atoms with Crippen LogP contribution in [0.15, 0.2) is 0 Å². The van der Waals surface area contributed by atoms with E-state index in [1.165, 1.54) is 0 Å². The minimum atomic E-state index is 0. The minimum Gasteiger partial charge on any atom is 0 e. The molecule has 4 heavy (non-hydrogen) atoms. The zero-order valence-corrected chi connectivity index (χ0v) is 2.06. The predicted octanol–water partition coefficient (Wildman–Crippen LogP) is -3.02. The molecule has 0 aromatic rings. The second-order valence-corrected chi connectivity index (χ2v) is 0. The van der Waals surface area contributed by atoms with Crippen molar-refractivity contribution in [1.29, 1.82) is 0 Å². The average molecular weight is 146 g/mol. The first-order chi connectivity index (χ1) is 0. The molecule has 0 rings (SSSR count). The molecule has 18 valence electrons. The Labute approximate surface area is 97.6 Å². The standard InChI is InChI=1S/Al.Ca.Mg.Ti.7H. The van der Waals surface area contributed by atoms with Crippen molar-refractivity contribution in [2.75, 3.05) is 0 Å². The summed E-state index contributed by atoms with van der Waals surface area (Å²) >= 11 is 0. The van der Waals surface area contributed by atoms with Gasteiger partial charge in [0.05, 0.1) is 0 Å². The van der Waals surface area contributed by atoms with Crippen LogP contribution in [0, 0.1) is 0 Å². The molecule has 0 radical (unpaired) electrons. The Morgan fingerprint density at radius 2 is 1.00 bits per heavy atom. The van der Waals surface area contributed by atoms with Crippen molar-refractivity contribution in [2.45, 2.75) is 0 Å². The summed E-state index contributed by atoms with van der Waals surface area (Å²) in [7, 11) is 0. The maximum absolute atomic E-state index is 0. The molecule has 0 aromatic heterocycles. The van der Waals surface area contributed by atoms with Gasteiger partial charge in [0.25, 0.3) is 0 Å². The van der Waals surface area contributed by atoms with Crippen LogP contribution in [0.2, 0.25) is 0 Å². The van der Waals surface area contributed by atoms with Crippen molar-refractivity contribution < 1.29 is 21.7 Å². The molecular formula is H7AlCaMgTi. The van der Waals surface area contributed by atoms with Gasteiger partial charge in [-0.25, -0.2) is 0 Å². The van der Waals surface area contributed by atoms with Crippen molar-refractivity contribution >= 4 is 78.2 Å². The van der Waals surface area contributed by atoms with E-state index in [9.17, 15) is 0 Å². The van der Waals surface area contributed by atoms with Gasteiger partial charge in [0.2, 0.25) is 0 Å². The fourth-order valence-electron chi connectivity index (χ4n) is 0. The second kappa shape index (κ2) is 16.3. The molecule has 0 aromatic carbocycles. The molecule has 0 N–H and O–H groups in total. The summed E-state index contributed by atoms with van der Waals surface area (Å²) < 4.78 is 0. The molecule has 0 nitrogen and oxygen atoms in total. The van der Waals surface area contributed by atoms with E-state index in [4.69, 9.17) is 0 Å². The minimum absolute atomic E-state index is 0. The van der Waals surface area contributed by atoms with E-state index in [-0.39, 0.29) is 99.9 Å². The third-order valence-corrected chi connectivity index (χ3v) is 0. The van der Waals surface area contributed by atoms with Crippen molar-refractivity contribution in [3.8, 4) is 0 Å². The topological polar surface area (TPSA) is 0 Å². The molecule has 4 heteroatoms. The van der Waals surface area contributed by atoms with Crippen LogP contribution in [0.1, 0.15) is 0 Å². The van der Waals surface area contributed by atoms with Crippen LogP contribution in [-0.2, 0) is 21.7 Å². The molecule has 0 amide bonds. The van der Waals surface area contributed by atoms with Crippen molar-refractivity contribution in [2.24, 2.45) is 0 Å². The van der Waals surface area contributed by atoms with Gasteiger partial charge in [-0.15, -0.1) is 0 Å². The number of rotatable bonds is 0. The average Bonchev–Trinajstić information content (AvgIpc) is 0. The van der Waals surface area contributed by atoms with Crippen molar-refractivity contribution in [3.63, 3.8) is 0 Å². The monoisotopic (exact) mass is 146 g/mol. The third-order valence-electron chi connectivity index (χ3n) is 0. The fourth-order valence-corrected chi connectivity index (χ4v) is 0. The van der Waals surface area contributed by atoms with Gasteiger partial charge >= 0.3 is 60.8 Å². The van der Waals surface area contributed by atoms with E-state index in [2.05, 4.69) is 0 Å². The Kier molecular flexibility index (Phi) is 109. The van der Waals surface area contributed by atoms with E-state index >= 15 is 0 Å². The Hall–Kier alpha value is 3.27. The smallest absolute Gasteiger partial charge is 0 e. The summed E-state index contributed by atoms with van der Waals surface area (Å²) in [6, 6.07) is 0. The Morgan fingerprint density at radius 3 is 1.00 bits per heavy atom. The van der Waals surface area contributed by atoms with E-state index in [1.54, 1.807) is 0 Å². The number of hydrogen-bond acceptors (Lipinski definition) is 0. The van der Waals surface area contributed by atoms with Gasteiger partial charge in [-0.1, -0.05) is 0 Å². The molecular weight excluding hydrogens is 139 g/mol. The Morgan fingerprint density at radius 1 is 1.00 bits per heavy atom. The quantitative estimate of drug-likeness (QED) is 0.319. The molecule has 0 saturated carbocycles. The summed E-state index contributed by atoms with van der Waals surface area (Å²) in [5.74, 6) is 0. The molecule has 0 fully saturated rings. The van der Waals surface area contributed by atoms with Gasteiger partial charge in [-0.05, 0) is 0 Å². The van der Waals surface area contributed by atoms with Gasteiger partial charge in [0, 0.05) is 21.7 Å². The third kappa shape index (κ3) is 8.99. The van der Waals surface area contributed by atoms with Crippen LogP contribution in [0.25, 0.3) is 0 Å². The summed E-state index contributed by atoms with van der Waals surface area (Å²) in [4.78, 5) is 0. The first-order valence-corrected chi connectivity index (χ1v) is 0. The zero-order valence-electron chi connectivity index (χ0n) is 0.500. The normalized spacial score (nSPS) is 0. The zero-order chi connectivity index (χ0) is 0. The molecule has 0 aliphatic rings. The van der Waals surface area contributed by atoms with Crippen molar-refractivity contribution in [3.05, 3.63) is 0 Å². The predicted molar refractivity (Wildman–Crippen MR) is 27.0 cm³/mol. The Bertz CT molecular complexity index is 8.00. The maximum atomic E-state index is 0. The van der Waals surface area contributed by atoms with E-state index in [0.29, 0.717) is 0 Å². The van der Waals surface area contributed by atoms with Crippen molar-refractivity contribution in [1.82, 2.24) is 0 Å². The van der Waals surface area contributed by atoms with Gasteiger partial charge in [-0.3, -0.25) is 0 Å². The molecule has 0 heterocycles. The summed E-state index contributed by atoms with van der Waals surface area (Å²) in [5.41, 5.74) is 0. The second-order valence-electron chi connectivity index (χ2n) is 0. The SMILES string of the molecule is [AlH3].[CaH2].[MgH2].[Ti]. The van der Waals surface area contributed by atoms with Gasteiger partial charge in [0.1, 0.15) is 0 Å². The van der Waals surface area contributed by atoms with Crippen LogP contribution in [0.5, 0.6) is 0 Å². The van der Waals surface area contributed by atoms with Crippen LogP contribution >= 0.6 is 0 Å². The van der Waals surface area contributed by atoms with Crippen LogP contribution in [0.3, 0.4) is 0 Å². The van der Waals surface area contributed by atoms with Gasteiger partial charge < -0.3 is 0 Å². The molecule has 0 aliphatic carbocycles. The maximum Gasteiger partial charge on any atom is 0.316 e.